The minimum atomic E-state index is -0.628. The maximum absolute atomic E-state index is 11.9. The molecule has 6 nitrogen and oxygen atoms in total. The van der Waals surface area contributed by atoms with Crippen LogP contribution in [0.3, 0.4) is 0 Å². The fourth-order valence-electron chi connectivity index (χ4n) is 1.76. The highest BCUT2D eigenvalue weighted by atomic mass is 16.7. The van der Waals surface area contributed by atoms with Gasteiger partial charge >= 0.3 is 12.1 Å². The Kier molecular flexibility index (Phi) is 6.14. The van der Waals surface area contributed by atoms with E-state index < -0.39 is 12.1 Å². The lowest BCUT2D eigenvalue weighted by atomic mass is 10.2. The number of carbonyl (C=O) groups excluding carboxylic acids is 2. The van der Waals surface area contributed by atoms with Crippen LogP contribution in [-0.4, -0.2) is 23.6 Å². The Labute approximate surface area is 134 Å². The highest BCUT2D eigenvalue weighted by Gasteiger charge is 2.16. The summed E-state index contributed by atoms with van der Waals surface area (Å²) in [6, 6.07) is 17.8. The van der Waals surface area contributed by atoms with E-state index in [1.165, 1.54) is 0 Å². The summed E-state index contributed by atoms with van der Waals surface area (Å²) >= 11 is 0. The van der Waals surface area contributed by atoms with Crippen molar-refractivity contribution >= 4 is 12.1 Å². The van der Waals surface area contributed by atoms with E-state index in [9.17, 15) is 9.59 Å². The van der Waals surface area contributed by atoms with Crippen LogP contribution in [-0.2, 0) is 16.2 Å². The topological polar surface area (TPSA) is 67.9 Å². The molecule has 0 fully saturated rings. The number of amides is 1. The molecule has 0 aromatic heterocycles. The third kappa shape index (κ3) is 5.12. The first-order valence-electron chi connectivity index (χ1n) is 7.20. The van der Waals surface area contributed by atoms with Gasteiger partial charge in [0.15, 0.2) is 0 Å². The summed E-state index contributed by atoms with van der Waals surface area (Å²) in [5, 5.41) is 1.07. The number of benzene rings is 2. The summed E-state index contributed by atoms with van der Waals surface area (Å²) in [5.74, 6) is -0.583. The Bertz CT molecular complexity index is 632. The second-order valence-corrected chi connectivity index (χ2v) is 4.63. The van der Waals surface area contributed by atoms with Crippen molar-refractivity contribution in [3.63, 3.8) is 0 Å². The molecule has 2 aromatic carbocycles. The SMILES string of the molecule is CCN(NOC(=O)c1ccccc1)C(=O)OCc1ccccc1. The molecule has 6 heteroatoms. The number of ether oxygens (including phenoxy) is 1. The molecule has 0 saturated heterocycles. The van der Waals surface area contributed by atoms with Crippen molar-refractivity contribution in [2.45, 2.75) is 13.5 Å². The van der Waals surface area contributed by atoms with Gasteiger partial charge in [0.25, 0.3) is 0 Å². The number of rotatable bonds is 6. The number of nitrogens with one attached hydrogen (secondary N) is 1. The molecule has 0 aliphatic heterocycles. The molecule has 0 atom stereocenters. The van der Waals surface area contributed by atoms with Gasteiger partial charge in [-0.15, -0.1) is 0 Å². The maximum atomic E-state index is 11.9. The normalized spacial score (nSPS) is 9.96. The zero-order valence-electron chi connectivity index (χ0n) is 12.8. The Morgan fingerprint density at radius 2 is 1.61 bits per heavy atom. The third-order valence-corrected chi connectivity index (χ3v) is 3.00. The van der Waals surface area contributed by atoms with Crippen LogP contribution in [0.5, 0.6) is 0 Å². The van der Waals surface area contributed by atoms with Crippen LogP contribution in [0, 0.1) is 0 Å². The van der Waals surface area contributed by atoms with Crippen LogP contribution in [0.2, 0.25) is 0 Å². The molecule has 0 aliphatic rings. The first-order valence-corrected chi connectivity index (χ1v) is 7.20. The van der Waals surface area contributed by atoms with E-state index in [2.05, 4.69) is 5.59 Å². The van der Waals surface area contributed by atoms with E-state index in [-0.39, 0.29) is 13.2 Å². The summed E-state index contributed by atoms with van der Waals surface area (Å²) in [6.07, 6.45) is -0.628. The molecule has 0 unspecified atom stereocenters. The fraction of sp³-hybridized carbons (Fsp3) is 0.176. The molecule has 1 amide bonds. The minimum absolute atomic E-state index is 0.143. The standard InChI is InChI=1S/C17H18N2O4/c1-2-19(17(21)22-13-14-9-5-3-6-10-14)18-23-16(20)15-11-7-4-8-12-15/h3-12,18H,2,13H2,1H3. The molecular formula is C17H18N2O4. The first kappa shape index (κ1) is 16.5. The summed E-state index contributed by atoms with van der Waals surface area (Å²) < 4.78 is 5.15. The van der Waals surface area contributed by atoms with Gasteiger partial charge in [-0.05, 0) is 24.6 Å². The Balaban J connectivity index is 1.82. The molecule has 0 spiro atoms. The van der Waals surface area contributed by atoms with Crippen molar-refractivity contribution in [1.82, 2.24) is 10.6 Å². The Hall–Kier alpha value is -2.86. The van der Waals surface area contributed by atoms with Gasteiger partial charge in [0, 0.05) is 6.54 Å². The number of carbonyl (C=O) groups is 2. The second-order valence-electron chi connectivity index (χ2n) is 4.63. The summed E-state index contributed by atoms with van der Waals surface area (Å²) in [5.41, 5.74) is 3.57. The zero-order valence-corrected chi connectivity index (χ0v) is 12.8. The van der Waals surface area contributed by atoms with E-state index in [1.54, 1.807) is 37.3 Å². The molecule has 1 N–H and O–H groups in total. The van der Waals surface area contributed by atoms with Gasteiger partial charge in [-0.3, -0.25) is 0 Å². The van der Waals surface area contributed by atoms with Crippen molar-refractivity contribution in [2.75, 3.05) is 6.54 Å². The first-order chi connectivity index (χ1) is 11.2. The lowest BCUT2D eigenvalue weighted by Gasteiger charge is -2.20. The molecule has 0 bridgehead atoms. The van der Waals surface area contributed by atoms with Gasteiger partial charge in [0.1, 0.15) is 6.61 Å². The van der Waals surface area contributed by atoms with Gasteiger partial charge in [-0.2, -0.15) is 0 Å². The van der Waals surface area contributed by atoms with Gasteiger partial charge in [0.2, 0.25) is 0 Å². The van der Waals surface area contributed by atoms with Crippen molar-refractivity contribution < 1.29 is 19.2 Å². The second kappa shape index (κ2) is 8.55. The molecule has 120 valence electrons. The Morgan fingerprint density at radius 3 is 2.22 bits per heavy atom. The van der Waals surface area contributed by atoms with E-state index in [4.69, 9.17) is 9.57 Å². The molecule has 2 rings (SSSR count). The predicted molar refractivity (Wildman–Crippen MR) is 84.0 cm³/mol. The van der Waals surface area contributed by atoms with Crippen LogP contribution in [0.1, 0.15) is 22.8 Å². The lowest BCUT2D eigenvalue weighted by Crippen LogP contribution is -2.44. The lowest BCUT2D eigenvalue weighted by molar-refractivity contribution is -0.0453. The third-order valence-electron chi connectivity index (χ3n) is 3.00. The number of hydrogen-bond donors (Lipinski definition) is 1. The molecule has 2 aromatic rings. The van der Waals surface area contributed by atoms with Gasteiger partial charge in [-0.25, -0.2) is 14.6 Å². The minimum Gasteiger partial charge on any atom is -0.444 e. The highest BCUT2D eigenvalue weighted by Crippen LogP contribution is 2.03. The smallest absolute Gasteiger partial charge is 0.427 e. The summed E-state index contributed by atoms with van der Waals surface area (Å²) in [6.45, 7) is 2.15. The van der Waals surface area contributed by atoms with E-state index >= 15 is 0 Å². The van der Waals surface area contributed by atoms with Crippen LogP contribution in [0.15, 0.2) is 60.7 Å². The number of hydrogen-bond acceptors (Lipinski definition) is 5. The summed E-state index contributed by atoms with van der Waals surface area (Å²) in [4.78, 5) is 28.6. The number of nitrogens with zero attached hydrogens (tertiary/aromatic N) is 1. The fourth-order valence-corrected chi connectivity index (χ4v) is 1.76. The van der Waals surface area contributed by atoms with Crippen molar-refractivity contribution in [2.24, 2.45) is 0 Å². The van der Waals surface area contributed by atoms with Crippen molar-refractivity contribution in [3.8, 4) is 0 Å². The molecule has 23 heavy (non-hydrogen) atoms. The molecule has 0 heterocycles. The van der Waals surface area contributed by atoms with Crippen molar-refractivity contribution in [3.05, 3.63) is 71.8 Å². The average molecular weight is 314 g/mol. The van der Waals surface area contributed by atoms with Crippen LogP contribution in [0.25, 0.3) is 0 Å². The van der Waals surface area contributed by atoms with Crippen LogP contribution < -0.4 is 5.59 Å². The van der Waals surface area contributed by atoms with Crippen molar-refractivity contribution in [1.29, 1.82) is 0 Å². The highest BCUT2D eigenvalue weighted by molar-refractivity contribution is 5.89. The average Bonchev–Trinajstić information content (AvgIpc) is 2.62. The Morgan fingerprint density at radius 1 is 1.00 bits per heavy atom. The van der Waals surface area contributed by atoms with Gasteiger partial charge in [0.05, 0.1) is 5.56 Å². The predicted octanol–water partition coefficient (Wildman–Crippen LogP) is 2.92. The quantitative estimate of drug-likeness (QED) is 0.830. The van der Waals surface area contributed by atoms with Crippen LogP contribution >= 0.6 is 0 Å². The molecule has 0 radical (unpaired) electrons. The van der Waals surface area contributed by atoms with E-state index in [1.807, 2.05) is 30.3 Å². The van der Waals surface area contributed by atoms with E-state index in [0.29, 0.717) is 5.56 Å². The van der Waals surface area contributed by atoms with Gasteiger partial charge < -0.3 is 9.57 Å². The molecule has 0 aliphatic carbocycles. The maximum Gasteiger partial charge on any atom is 0.427 e. The zero-order chi connectivity index (χ0) is 16.5. The summed E-state index contributed by atoms with van der Waals surface area (Å²) in [7, 11) is 0. The van der Waals surface area contributed by atoms with Gasteiger partial charge in [-0.1, -0.05) is 54.1 Å². The largest absolute Gasteiger partial charge is 0.444 e. The van der Waals surface area contributed by atoms with Crippen LogP contribution in [0.4, 0.5) is 4.79 Å². The molecular weight excluding hydrogens is 296 g/mol. The monoisotopic (exact) mass is 314 g/mol. The van der Waals surface area contributed by atoms with E-state index in [0.717, 1.165) is 10.6 Å². The molecule has 0 saturated carbocycles. The number of hydrazine groups is 1.